The van der Waals surface area contributed by atoms with Gasteiger partial charge in [-0.05, 0) is 87.9 Å². The van der Waals surface area contributed by atoms with Crippen molar-refractivity contribution in [3.8, 4) is 0 Å². The van der Waals surface area contributed by atoms with Gasteiger partial charge in [-0.25, -0.2) is 8.42 Å². The molecule has 46 heavy (non-hydrogen) atoms. The number of sulfone groups is 1. The van der Waals surface area contributed by atoms with E-state index in [0.717, 1.165) is 36.0 Å². The molecule has 0 spiro atoms. The van der Waals surface area contributed by atoms with E-state index in [1.807, 2.05) is 43.3 Å². The van der Waals surface area contributed by atoms with Gasteiger partial charge in [0.15, 0.2) is 18.2 Å². The summed E-state index contributed by atoms with van der Waals surface area (Å²) in [6.07, 6.45) is 9.22. The highest BCUT2D eigenvalue weighted by Crippen LogP contribution is 2.36. The molecular weight excluding hydrogens is 609 g/mol. The van der Waals surface area contributed by atoms with Gasteiger partial charge in [0.1, 0.15) is 0 Å². The van der Waals surface area contributed by atoms with Gasteiger partial charge in [-0.1, -0.05) is 111 Å². The van der Waals surface area contributed by atoms with E-state index in [-0.39, 0.29) is 22.3 Å². The third-order valence-electron chi connectivity index (χ3n) is 8.88. The van der Waals surface area contributed by atoms with E-state index in [0.29, 0.717) is 19.6 Å². The number of hydrogen-bond acceptors (Lipinski definition) is 5. The van der Waals surface area contributed by atoms with E-state index in [2.05, 4.69) is 66.4 Å². The van der Waals surface area contributed by atoms with Gasteiger partial charge >= 0.3 is 0 Å². The number of aliphatic hydroxyl groups is 1. The number of ether oxygens (including phenoxy) is 1. The van der Waals surface area contributed by atoms with Crippen LogP contribution < -0.4 is 0 Å². The Labute approximate surface area is 281 Å². The highest BCUT2D eigenvalue weighted by atomic mass is 32.2. The molecule has 0 amide bonds. The molecule has 0 saturated heterocycles. The zero-order valence-corrected chi connectivity index (χ0v) is 31.3. The van der Waals surface area contributed by atoms with E-state index in [1.165, 1.54) is 11.1 Å². The molecule has 7 heteroatoms. The Morgan fingerprint density at radius 3 is 2.04 bits per heavy atom. The topological polar surface area (TPSA) is 72.8 Å². The van der Waals surface area contributed by atoms with E-state index < -0.39 is 30.2 Å². The van der Waals surface area contributed by atoms with Crippen molar-refractivity contribution in [2.75, 3.05) is 19.0 Å². The molecule has 2 aromatic carbocycles. The van der Waals surface area contributed by atoms with Crippen molar-refractivity contribution in [1.29, 1.82) is 0 Å². The van der Waals surface area contributed by atoms with Crippen LogP contribution in [0.2, 0.25) is 18.1 Å². The lowest BCUT2D eigenvalue weighted by molar-refractivity contribution is 0.0471. The fourth-order valence-corrected chi connectivity index (χ4v) is 7.43. The molecule has 0 heterocycles. The SMILES string of the molecule is C=C(C)[C@@H](CS(=O)(=O)c1ccccc1)[C@H](/C=C(/CO)CC/C=C(\C)CC/C=C(\C)CO[Si](C)(C)C(C)(C)C)OCc1ccccc1. The highest BCUT2D eigenvalue weighted by Gasteiger charge is 2.37. The Balaban J connectivity index is 2.12. The van der Waals surface area contributed by atoms with Crippen LogP contribution in [0.25, 0.3) is 0 Å². The third-order valence-corrected chi connectivity index (χ3v) is 15.1. The molecule has 0 fully saturated rings. The van der Waals surface area contributed by atoms with Gasteiger partial charge in [0.05, 0.1) is 36.6 Å². The lowest BCUT2D eigenvalue weighted by Crippen LogP contribution is -2.41. The van der Waals surface area contributed by atoms with Crippen LogP contribution in [0.15, 0.2) is 113 Å². The van der Waals surface area contributed by atoms with Gasteiger partial charge in [0.2, 0.25) is 0 Å². The minimum atomic E-state index is -3.59. The molecule has 0 radical (unpaired) electrons. The van der Waals surface area contributed by atoms with Gasteiger partial charge in [0.25, 0.3) is 0 Å². The molecule has 0 aromatic heterocycles. The molecule has 2 rings (SSSR count). The van der Waals surface area contributed by atoms with Crippen LogP contribution in [0.4, 0.5) is 0 Å². The molecule has 0 bridgehead atoms. The van der Waals surface area contributed by atoms with E-state index in [9.17, 15) is 13.5 Å². The van der Waals surface area contributed by atoms with Crippen LogP contribution in [-0.2, 0) is 25.6 Å². The molecule has 0 aliphatic carbocycles. The van der Waals surface area contributed by atoms with Crippen LogP contribution in [0, 0.1) is 5.92 Å². The highest BCUT2D eigenvalue weighted by molar-refractivity contribution is 7.91. The van der Waals surface area contributed by atoms with Gasteiger partial charge in [-0.3, -0.25) is 0 Å². The number of benzene rings is 2. The summed E-state index contributed by atoms with van der Waals surface area (Å²) in [6, 6.07) is 18.3. The second kappa shape index (κ2) is 18.7. The molecule has 0 unspecified atom stereocenters. The zero-order chi connectivity index (χ0) is 34.4. The van der Waals surface area contributed by atoms with Crippen molar-refractivity contribution in [1.82, 2.24) is 0 Å². The first kappa shape index (κ1) is 39.6. The predicted molar refractivity (Wildman–Crippen MR) is 196 cm³/mol. The molecule has 0 aliphatic rings. The molecule has 2 aromatic rings. The summed E-state index contributed by atoms with van der Waals surface area (Å²) in [6.45, 7) is 22.5. The maximum atomic E-state index is 13.4. The second-order valence-electron chi connectivity index (χ2n) is 14.0. The average molecular weight is 667 g/mol. The van der Waals surface area contributed by atoms with Crippen molar-refractivity contribution in [3.05, 3.63) is 113 Å². The molecule has 1 N–H and O–H groups in total. The van der Waals surface area contributed by atoms with Crippen LogP contribution in [0.1, 0.15) is 72.8 Å². The summed E-state index contributed by atoms with van der Waals surface area (Å²) < 4.78 is 39.5. The van der Waals surface area contributed by atoms with Crippen molar-refractivity contribution < 1.29 is 22.7 Å². The first-order valence-corrected chi connectivity index (χ1v) is 21.0. The molecule has 5 nitrogen and oxygen atoms in total. The average Bonchev–Trinajstić information content (AvgIpc) is 3.00. The fourth-order valence-electron chi connectivity index (χ4n) is 4.69. The largest absolute Gasteiger partial charge is 0.413 e. The van der Waals surface area contributed by atoms with Gasteiger partial charge in [-0.2, -0.15) is 0 Å². The lowest BCUT2D eigenvalue weighted by Gasteiger charge is -2.36. The minimum Gasteiger partial charge on any atom is -0.413 e. The summed E-state index contributed by atoms with van der Waals surface area (Å²) in [4.78, 5) is 0.281. The summed E-state index contributed by atoms with van der Waals surface area (Å²) in [5, 5.41) is 10.5. The number of hydrogen-bond donors (Lipinski definition) is 1. The summed E-state index contributed by atoms with van der Waals surface area (Å²) >= 11 is 0. The Bertz CT molecular complexity index is 1420. The molecule has 0 saturated carbocycles. The van der Waals surface area contributed by atoms with Gasteiger partial charge in [-0.15, -0.1) is 0 Å². The second-order valence-corrected chi connectivity index (χ2v) is 20.9. The van der Waals surface area contributed by atoms with Crippen LogP contribution in [-0.4, -0.2) is 46.9 Å². The monoisotopic (exact) mass is 666 g/mol. The molecule has 2 atom stereocenters. The Morgan fingerprint density at radius 1 is 0.913 bits per heavy atom. The van der Waals surface area contributed by atoms with Crippen LogP contribution in [0.5, 0.6) is 0 Å². The summed E-state index contributed by atoms with van der Waals surface area (Å²) in [7, 11) is -5.35. The van der Waals surface area contributed by atoms with Crippen LogP contribution >= 0.6 is 0 Å². The Morgan fingerprint density at radius 2 is 1.48 bits per heavy atom. The Kier molecular flexibility index (Phi) is 16.1. The van der Waals surface area contributed by atoms with E-state index in [4.69, 9.17) is 9.16 Å². The van der Waals surface area contributed by atoms with Crippen molar-refractivity contribution >= 4 is 18.2 Å². The normalized spacial score (nSPS) is 15.1. The fraction of sp³-hybridized carbons (Fsp3) is 0.487. The van der Waals surface area contributed by atoms with Gasteiger partial charge in [0, 0.05) is 5.92 Å². The molecule has 0 aliphatic heterocycles. The quantitative estimate of drug-likeness (QED) is 0.119. The van der Waals surface area contributed by atoms with Crippen molar-refractivity contribution in [3.63, 3.8) is 0 Å². The Hall–Kier alpha value is -2.55. The molecule has 254 valence electrons. The number of aliphatic hydroxyl groups excluding tert-OH is 1. The van der Waals surface area contributed by atoms with Crippen molar-refractivity contribution in [2.24, 2.45) is 5.92 Å². The third kappa shape index (κ3) is 13.7. The van der Waals surface area contributed by atoms with E-state index in [1.54, 1.807) is 30.3 Å². The number of rotatable bonds is 19. The first-order valence-electron chi connectivity index (χ1n) is 16.4. The smallest absolute Gasteiger partial charge is 0.192 e. The molecular formula is C39H58O5SSi. The van der Waals surface area contributed by atoms with Crippen LogP contribution in [0.3, 0.4) is 0 Å². The summed E-state index contributed by atoms with van der Waals surface area (Å²) in [5.41, 5.74) is 5.11. The van der Waals surface area contributed by atoms with Crippen molar-refractivity contribution in [2.45, 2.75) is 103 Å². The zero-order valence-electron chi connectivity index (χ0n) is 29.5. The number of allylic oxidation sites excluding steroid dienone is 3. The minimum absolute atomic E-state index is 0.122. The maximum absolute atomic E-state index is 13.4. The maximum Gasteiger partial charge on any atom is 0.192 e. The van der Waals surface area contributed by atoms with E-state index >= 15 is 0 Å². The standard InChI is InChI=1S/C39H58O5SSi/c1-31(2)37(30-45(41,42)36-24-14-11-15-25-36)38(43-29-34-21-12-10-13-22-34)26-35(27-40)23-17-19-32(3)18-16-20-33(4)28-44-46(8,9)39(5,6)7/h10-15,19-22,24-26,37-38,40H,1,16-18,23,27-30H2,2-9H3/b32-19+,33-20+,35-26+/t37-,38+/m1/s1. The summed E-state index contributed by atoms with van der Waals surface area (Å²) in [5.74, 6) is -0.614. The lowest BCUT2D eigenvalue weighted by atomic mass is 9.94. The predicted octanol–water partition coefficient (Wildman–Crippen LogP) is 9.63. The van der Waals surface area contributed by atoms with Gasteiger partial charge < -0.3 is 14.3 Å². The first-order chi connectivity index (χ1) is 21.6.